The summed E-state index contributed by atoms with van der Waals surface area (Å²) in [5.74, 6) is -4.70. The highest BCUT2D eigenvalue weighted by molar-refractivity contribution is 4.75. The summed E-state index contributed by atoms with van der Waals surface area (Å²) < 4.78 is 56.9. The first-order valence-electron chi connectivity index (χ1n) is 2.40. The molecule has 1 nitrogen and oxygen atoms in total. The molecule has 0 fully saturated rings. The minimum absolute atomic E-state index is 0.924. The van der Waals surface area contributed by atoms with Gasteiger partial charge in [0.25, 0.3) is 0 Å². The van der Waals surface area contributed by atoms with Crippen LogP contribution in [0.2, 0.25) is 0 Å². The molecule has 0 amide bonds. The van der Waals surface area contributed by atoms with E-state index in [0.717, 1.165) is 0 Å². The van der Waals surface area contributed by atoms with Gasteiger partial charge in [0, 0.05) is 13.0 Å². The highest BCUT2D eigenvalue weighted by Crippen LogP contribution is 2.37. The van der Waals surface area contributed by atoms with Crippen molar-refractivity contribution in [3.63, 3.8) is 0 Å². The van der Waals surface area contributed by atoms with Crippen LogP contribution < -0.4 is 5.73 Å². The van der Waals surface area contributed by atoms with Crippen LogP contribution in [-0.4, -0.2) is 18.6 Å². The van der Waals surface area contributed by atoms with Gasteiger partial charge in [-0.1, -0.05) is 0 Å². The van der Waals surface area contributed by atoms with Gasteiger partial charge in [-0.25, -0.2) is 0 Å². The molecular formula is C4H5F5N. The average molecular weight is 162 g/mol. The van der Waals surface area contributed by atoms with Crippen molar-refractivity contribution in [3.8, 4) is 0 Å². The fourth-order valence-corrected chi connectivity index (χ4v) is 0.299. The van der Waals surface area contributed by atoms with Crippen LogP contribution in [0.15, 0.2) is 0 Å². The Kier molecular flexibility index (Phi) is 2.59. The fraction of sp³-hybridized carbons (Fsp3) is 1.00. The Balaban J connectivity index is 4.10. The summed E-state index contributed by atoms with van der Waals surface area (Å²) in [6.07, 6.45) is -6.97. The van der Waals surface area contributed by atoms with E-state index in [1.54, 1.807) is 0 Å². The Hall–Kier alpha value is -0.390. The van der Waals surface area contributed by atoms with E-state index in [1.807, 2.05) is 0 Å². The third kappa shape index (κ3) is 2.09. The smallest absolute Gasteiger partial charge is 0.258 e. The molecule has 0 aliphatic carbocycles. The zero-order chi connectivity index (χ0) is 8.41. The summed E-state index contributed by atoms with van der Waals surface area (Å²) in [7, 11) is 0. The number of hydrogen-bond donors (Lipinski definition) is 0. The molecule has 0 saturated heterocycles. The lowest BCUT2D eigenvalue weighted by molar-refractivity contribution is -0.283. The zero-order valence-electron chi connectivity index (χ0n) is 4.80. The molecule has 0 spiro atoms. The van der Waals surface area contributed by atoms with Gasteiger partial charge in [0.1, 0.15) is 0 Å². The van der Waals surface area contributed by atoms with Gasteiger partial charge in [-0.05, 0) is 0 Å². The van der Waals surface area contributed by atoms with Gasteiger partial charge >= 0.3 is 12.1 Å². The van der Waals surface area contributed by atoms with Crippen molar-refractivity contribution in [1.29, 1.82) is 0 Å². The van der Waals surface area contributed by atoms with Crippen molar-refractivity contribution in [2.75, 3.05) is 6.54 Å². The first kappa shape index (κ1) is 9.61. The third-order valence-electron chi connectivity index (χ3n) is 0.854. The van der Waals surface area contributed by atoms with E-state index < -0.39 is 25.1 Å². The summed E-state index contributed by atoms with van der Waals surface area (Å²) in [6.45, 7) is -0.924. The first-order valence-corrected chi connectivity index (χ1v) is 2.40. The second-order valence-electron chi connectivity index (χ2n) is 1.70. The largest absolute Gasteiger partial charge is 0.453 e. The van der Waals surface area contributed by atoms with Crippen molar-refractivity contribution in [1.82, 2.24) is 5.73 Å². The van der Waals surface area contributed by atoms with E-state index in [4.69, 9.17) is 5.73 Å². The van der Waals surface area contributed by atoms with Crippen molar-refractivity contribution in [2.24, 2.45) is 0 Å². The summed E-state index contributed by atoms with van der Waals surface area (Å²) in [6, 6.07) is 0. The quantitative estimate of drug-likeness (QED) is 0.553. The van der Waals surface area contributed by atoms with Gasteiger partial charge in [0.2, 0.25) is 0 Å². The second-order valence-corrected chi connectivity index (χ2v) is 1.70. The maximum absolute atomic E-state index is 11.7. The van der Waals surface area contributed by atoms with E-state index in [1.165, 1.54) is 0 Å². The number of halogens is 5. The lowest BCUT2D eigenvalue weighted by Crippen LogP contribution is -2.37. The highest BCUT2D eigenvalue weighted by Gasteiger charge is 2.56. The Labute approximate surface area is 54.0 Å². The zero-order valence-corrected chi connectivity index (χ0v) is 4.80. The minimum Gasteiger partial charge on any atom is -0.258 e. The number of alkyl halides is 5. The molecule has 0 aliphatic rings. The molecule has 0 aromatic rings. The molecule has 1 N–H and O–H groups in total. The predicted molar refractivity (Wildman–Crippen MR) is 23.6 cm³/mol. The Morgan fingerprint density at radius 3 is 1.50 bits per heavy atom. The lowest BCUT2D eigenvalue weighted by Gasteiger charge is -2.17. The fourth-order valence-electron chi connectivity index (χ4n) is 0.299. The van der Waals surface area contributed by atoms with Crippen molar-refractivity contribution in [3.05, 3.63) is 0 Å². The van der Waals surface area contributed by atoms with Crippen LogP contribution in [-0.2, 0) is 0 Å². The molecule has 0 aromatic heterocycles. The molecule has 0 bridgehead atoms. The number of rotatable bonds is 2. The Morgan fingerprint density at radius 2 is 1.40 bits per heavy atom. The summed E-state index contributed by atoms with van der Waals surface area (Å²) in [4.78, 5) is 0. The molecule has 6 heteroatoms. The monoisotopic (exact) mass is 162 g/mol. The van der Waals surface area contributed by atoms with Crippen LogP contribution in [0, 0.1) is 0 Å². The van der Waals surface area contributed by atoms with E-state index >= 15 is 0 Å². The first-order chi connectivity index (χ1) is 4.31. The molecule has 61 valence electrons. The number of nitrogens with one attached hydrogen (secondary N) is 1. The normalized spacial score (nSPS) is 13.8. The van der Waals surface area contributed by atoms with Crippen LogP contribution in [0.25, 0.3) is 0 Å². The van der Waals surface area contributed by atoms with Crippen LogP contribution in [0.4, 0.5) is 22.0 Å². The van der Waals surface area contributed by atoms with Crippen molar-refractivity contribution in [2.45, 2.75) is 18.5 Å². The molecule has 0 atom stereocenters. The van der Waals surface area contributed by atoms with Crippen LogP contribution in [0.3, 0.4) is 0 Å². The molecule has 10 heavy (non-hydrogen) atoms. The van der Waals surface area contributed by atoms with Gasteiger partial charge in [0.05, 0.1) is 0 Å². The third-order valence-corrected chi connectivity index (χ3v) is 0.854. The van der Waals surface area contributed by atoms with E-state index in [9.17, 15) is 22.0 Å². The highest BCUT2D eigenvalue weighted by atomic mass is 19.4. The van der Waals surface area contributed by atoms with Crippen molar-refractivity contribution < 1.29 is 22.0 Å². The Morgan fingerprint density at radius 1 is 1.00 bits per heavy atom. The average Bonchev–Trinajstić information content (AvgIpc) is 1.61. The molecule has 0 unspecified atom stereocenters. The molecule has 1 radical (unpaired) electrons. The van der Waals surface area contributed by atoms with Crippen molar-refractivity contribution >= 4 is 0 Å². The standard InChI is InChI=1S/C4H5F5N/c5-3(6,1-2-10)4(7,8)9/h10H,1-2H2. The minimum atomic E-state index is -5.51. The van der Waals surface area contributed by atoms with Gasteiger partial charge in [0.15, 0.2) is 0 Å². The molecular weight excluding hydrogens is 157 g/mol. The van der Waals surface area contributed by atoms with E-state index in [-0.39, 0.29) is 0 Å². The van der Waals surface area contributed by atoms with Gasteiger partial charge in [-0.2, -0.15) is 22.0 Å². The van der Waals surface area contributed by atoms with Crippen LogP contribution in [0.5, 0.6) is 0 Å². The molecule has 0 aliphatic heterocycles. The SMILES string of the molecule is [NH]CCC(F)(F)C(F)(F)F. The topological polar surface area (TPSA) is 23.8 Å². The summed E-state index contributed by atoms with van der Waals surface area (Å²) in [5.41, 5.74) is 6.16. The van der Waals surface area contributed by atoms with Crippen LogP contribution in [0.1, 0.15) is 6.42 Å². The molecule has 0 heterocycles. The predicted octanol–water partition coefficient (Wildman–Crippen LogP) is 1.86. The maximum Gasteiger partial charge on any atom is 0.453 e. The summed E-state index contributed by atoms with van der Waals surface area (Å²) >= 11 is 0. The molecule has 0 rings (SSSR count). The van der Waals surface area contributed by atoms with Gasteiger partial charge in [-0.15, -0.1) is 0 Å². The molecule has 0 aromatic carbocycles. The van der Waals surface area contributed by atoms with E-state index in [0.29, 0.717) is 0 Å². The Bertz CT molecular complexity index is 107. The van der Waals surface area contributed by atoms with Gasteiger partial charge < -0.3 is 0 Å². The number of hydrogen-bond acceptors (Lipinski definition) is 0. The lowest BCUT2D eigenvalue weighted by atomic mass is 10.2. The summed E-state index contributed by atoms with van der Waals surface area (Å²) in [5, 5.41) is 0. The second kappa shape index (κ2) is 2.69. The molecule has 0 saturated carbocycles. The van der Waals surface area contributed by atoms with E-state index in [2.05, 4.69) is 0 Å². The van der Waals surface area contributed by atoms with Crippen LogP contribution >= 0.6 is 0 Å². The maximum atomic E-state index is 11.7. The van der Waals surface area contributed by atoms with Gasteiger partial charge in [-0.3, -0.25) is 5.73 Å².